The third-order valence-corrected chi connectivity index (χ3v) is 8.16. The van der Waals surface area contributed by atoms with E-state index in [2.05, 4.69) is 0 Å². The molecule has 0 amide bonds. The Kier molecular flexibility index (Phi) is 8.49. The number of hydrogen-bond acceptors (Lipinski definition) is 16. The minimum atomic E-state index is -1.90. The van der Waals surface area contributed by atoms with Crippen LogP contribution in [0.1, 0.15) is 27.7 Å². The first-order valence-electron chi connectivity index (χ1n) is 12.9. The molecule has 0 spiro atoms. The molecule has 0 bridgehead atoms. The molecule has 10 unspecified atom stereocenters. The highest BCUT2D eigenvalue weighted by molar-refractivity contribution is 6.03. The second kappa shape index (κ2) is 11.0. The number of Topliss-reactive ketones (excluding diaryl/α,β-unsaturated/α-hetero) is 2. The summed E-state index contributed by atoms with van der Waals surface area (Å²) in [5, 5.41) is 101. The number of rotatable bonds is 6. The van der Waals surface area contributed by atoms with Crippen LogP contribution in [0.2, 0.25) is 0 Å². The predicted octanol–water partition coefficient (Wildman–Crippen LogP) is -5.18. The summed E-state index contributed by atoms with van der Waals surface area (Å²) >= 11 is 0. The normalized spacial score (nSPS) is 45.6. The Morgan fingerprint density at radius 1 is 0.512 bits per heavy atom. The van der Waals surface area contributed by atoms with Crippen molar-refractivity contribution in [3.8, 4) is 0 Å². The molecule has 2 fully saturated rings. The summed E-state index contributed by atoms with van der Waals surface area (Å²) in [5.41, 5.74) is -1.47. The van der Waals surface area contributed by atoms with Crippen LogP contribution in [-0.2, 0) is 28.5 Å². The number of aliphatic hydroxyl groups excluding tert-OH is 10. The highest BCUT2D eigenvalue weighted by Crippen LogP contribution is 2.43. The van der Waals surface area contributed by atoms with E-state index in [9.17, 15) is 60.7 Å². The van der Waals surface area contributed by atoms with E-state index in [1.54, 1.807) is 0 Å². The van der Waals surface area contributed by atoms with E-state index in [1.165, 1.54) is 27.7 Å². The molecule has 4 aliphatic rings. The molecule has 0 radical (unpaired) electrons. The third kappa shape index (κ3) is 5.01. The molecule has 41 heavy (non-hydrogen) atoms. The summed E-state index contributed by atoms with van der Waals surface area (Å²) < 4.78 is 22.4. The summed E-state index contributed by atoms with van der Waals surface area (Å²) in [6, 6.07) is 0. The molecule has 0 saturated heterocycles. The molecule has 0 aromatic heterocycles. The van der Waals surface area contributed by atoms with E-state index in [1.807, 2.05) is 0 Å². The molecular formula is C25H36O16. The van der Waals surface area contributed by atoms with Crippen molar-refractivity contribution in [2.24, 2.45) is 5.41 Å². The van der Waals surface area contributed by atoms with Crippen molar-refractivity contribution in [1.82, 2.24) is 0 Å². The zero-order chi connectivity index (χ0) is 30.9. The minimum Gasteiger partial charge on any atom is -0.482 e. The van der Waals surface area contributed by atoms with Gasteiger partial charge in [-0.25, -0.2) is 0 Å². The summed E-state index contributed by atoms with van der Waals surface area (Å²) in [5.74, 6) is -2.81. The Labute approximate surface area is 233 Å². The zero-order valence-electron chi connectivity index (χ0n) is 22.5. The highest BCUT2D eigenvalue weighted by atomic mass is 16.6. The van der Waals surface area contributed by atoms with Crippen molar-refractivity contribution in [1.29, 1.82) is 0 Å². The lowest BCUT2D eigenvalue weighted by atomic mass is 9.77. The average Bonchev–Trinajstić information content (AvgIpc) is 3.38. The number of allylic oxidation sites excluding steroid dienone is 2. The molecule has 10 atom stereocenters. The van der Waals surface area contributed by atoms with Crippen LogP contribution in [0.3, 0.4) is 0 Å². The van der Waals surface area contributed by atoms with Gasteiger partial charge in [0.05, 0.1) is 5.41 Å². The quantitative estimate of drug-likeness (QED) is 0.138. The predicted molar refractivity (Wildman–Crippen MR) is 129 cm³/mol. The molecule has 0 aromatic carbocycles. The van der Waals surface area contributed by atoms with E-state index >= 15 is 0 Å². The van der Waals surface area contributed by atoms with Crippen LogP contribution in [0.15, 0.2) is 23.0 Å². The van der Waals surface area contributed by atoms with Gasteiger partial charge in [-0.3, -0.25) is 9.59 Å². The summed E-state index contributed by atoms with van der Waals surface area (Å²) in [6.07, 6.45) is -25.2. The van der Waals surface area contributed by atoms with E-state index < -0.39 is 114 Å². The molecule has 0 aromatic rings. The fourth-order valence-corrected chi connectivity index (χ4v) is 5.50. The van der Waals surface area contributed by atoms with Gasteiger partial charge in [0.25, 0.3) is 0 Å². The fourth-order valence-electron chi connectivity index (χ4n) is 5.50. The maximum atomic E-state index is 13.4. The first-order valence-corrected chi connectivity index (χ1v) is 12.9. The van der Waals surface area contributed by atoms with Crippen LogP contribution >= 0.6 is 0 Å². The van der Waals surface area contributed by atoms with Gasteiger partial charge in [0, 0.05) is 0 Å². The number of ketones is 2. The number of ether oxygens (including phenoxy) is 4. The second-order valence-corrected chi connectivity index (χ2v) is 11.4. The largest absolute Gasteiger partial charge is 0.482 e. The minimum absolute atomic E-state index is 0.107. The van der Waals surface area contributed by atoms with E-state index in [0.29, 0.717) is 0 Å². The van der Waals surface area contributed by atoms with Crippen molar-refractivity contribution in [3.63, 3.8) is 0 Å². The van der Waals surface area contributed by atoms with E-state index in [4.69, 9.17) is 18.9 Å². The molecule has 10 N–H and O–H groups in total. The standard InChI is InChI=1S/C25H36O16/c1-5-19(40-21-13(32)9(28)7(26)10(29)14(21)33)17(36)23(38-5)25(3,4)24-18(37)20(6(2)39-24)41-22-15(34)11(30)8(27)12(31)16(22)35/h7-16,21-24,26-35H,1-4H3. The summed E-state index contributed by atoms with van der Waals surface area (Å²) in [6.45, 7) is 5.57. The van der Waals surface area contributed by atoms with Crippen LogP contribution in [0, 0.1) is 5.41 Å². The van der Waals surface area contributed by atoms with Crippen molar-refractivity contribution >= 4 is 11.6 Å². The first-order chi connectivity index (χ1) is 18.9. The highest BCUT2D eigenvalue weighted by Gasteiger charge is 2.58. The molecule has 2 saturated carbocycles. The lowest BCUT2D eigenvalue weighted by Gasteiger charge is -2.41. The summed E-state index contributed by atoms with van der Waals surface area (Å²) in [7, 11) is 0. The van der Waals surface area contributed by atoms with Crippen LogP contribution in [-0.4, -0.2) is 148 Å². The van der Waals surface area contributed by atoms with Gasteiger partial charge in [0.2, 0.25) is 23.1 Å². The Morgan fingerprint density at radius 3 is 1.02 bits per heavy atom. The Balaban J connectivity index is 1.49. The zero-order valence-corrected chi connectivity index (χ0v) is 22.5. The Morgan fingerprint density at radius 2 is 0.756 bits per heavy atom. The van der Waals surface area contributed by atoms with Crippen LogP contribution in [0.4, 0.5) is 0 Å². The fraction of sp³-hybridized carbons (Fsp3) is 0.760. The molecule has 2 aliphatic carbocycles. The molecule has 16 nitrogen and oxygen atoms in total. The Bertz CT molecular complexity index is 1000. The van der Waals surface area contributed by atoms with Crippen molar-refractivity contribution in [3.05, 3.63) is 23.0 Å². The lowest BCUT2D eigenvalue weighted by molar-refractivity contribution is -0.227. The van der Waals surface area contributed by atoms with Crippen LogP contribution < -0.4 is 0 Å². The maximum Gasteiger partial charge on any atom is 0.241 e. The first kappa shape index (κ1) is 31.6. The molecule has 2 heterocycles. The van der Waals surface area contributed by atoms with Gasteiger partial charge in [-0.15, -0.1) is 0 Å². The average molecular weight is 593 g/mol. The van der Waals surface area contributed by atoms with Gasteiger partial charge in [-0.1, -0.05) is 13.8 Å². The molecule has 4 rings (SSSR count). The van der Waals surface area contributed by atoms with E-state index in [-0.39, 0.29) is 11.5 Å². The monoisotopic (exact) mass is 592 g/mol. The number of hydrogen-bond donors (Lipinski definition) is 10. The van der Waals surface area contributed by atoms with Crippen LogP contribution in [0.5, 0.6) is 0 Å². The number of aliphatic hydroxyl groups is 10. The van der Waals surface area contributed by atoms with Gasteiger partial charge in [-0.05, 0) is 13.8 Å². The van der Waals surface area contributed by atoms with Crippen LogP contribution in [0.25, 0.3) is 0 Å². The molecule has 2 aliphatic heterocycles. The van der Waals surface area contributed by atoms with Gasteiger partial charge in [-0.2, -0.15) is 0 Å². The van der Waals surface area contributed by atoms with Crippen molar-refractivity contribution < 1.29 is 79.6 Å². The van der Waals surface area contributed by atoms with E-state index in [0.717, 1.165) is 0 Å². The SMILES string of the molecule is CC1=C(OC2C(O)C(O)C(O)C(O)C2O)C(=O)C(C(C)(C)C2OC(C)=C(OC3C(O)C(O)C(O)C(O)C3O)C2=O)O1. The van der Waals surface area contributed by atoms with Gasteiger partial charge >= 0.3 is 0 Å². The smallest absolute Gasteiger partial charge is 0.241 e. The van der Waals surface area contributed by atoms with Crippen molar-refractivity contribution in [2.75, 3.05) is 0 Å². The van der Waals surface area contributed by atoms with Gasteiger partial charge in [0.15, 0.2) is 24.4 Å². The van der Waals surface area contributed by atoms with Crippen molar-refractivity contribution in [2.45, 2.75) is 113 Å². The lowest BCUT2D eigenvalue weighted by Crippen LogP contribution is -2.64. The summed E-state index contributed by atoms with van der Waals surface area (Å²) in [4.78, 5) is 26.8. The second-order valence-electron chi connectivity index (χ2n) is 11.4. The Hall–Kier alpha value is -2.38. The molecule has 16 heteroatoms. The number of carbonyl (C=O) groups excluding carboxylic acids is 2. The maximum absolute atomic E-state index is 13.4. The molecular weight excluding hydrogens is 556 g/mol. The number of carbonyl (C=O) groups is 2. The van der Waals surface area contributed by atoms with Gasteiger partial charge < -0.3 is 70.0 Å². The van der Waals surface area contributed by atoms with Gasteiger partial charge in [0.1, 0.15) is 72.6 Å². The topological polar surface area (TPSA) is 273 Å². The molecule has 232 valence electrons. The third-order valence-electron chi connectivity index (χ3n) is 8.16.